The van der Waals surface area contributed by atoms with Gasteiger partial charge >= 0.3 is 0 Å². The van der Waals surface area contributed by atoms with Gasteiger partial charge in [-0.25, -0.2) is 4.98 Å². The molecule has 0 saturated carbocycles. The average molecular weight is 435 g/mol. The molecule has 1 aromatic heterocycles. The maximum atomic E-state index is 12.6. The Morgan fingerprint density at radius 1 is 0.938 bits per heavy atom. The number of nitrogens with one attached hydrogen (secondary N) is 1. The van der Waals surface area contributed by atoms with Crippen LogP contribution >= 0.6 is 0 Å². The van der Waals surface area contributed by atoms with E-state index >= 15 is 0 Å². The Kier molecular flexibility index (Phi) is 7.17. The maximum Gasteiger partial charge on any atom is 0.203 e. The van der Waals surface area contributed by atoms with Gasteiger partial charge in [-0.05, 0) is 42.5 Å². The van der Waals surface area contributed by atoms with E-state index in [0.717, 1.165) is 5.56 Å². The molecule has 1 heterocycles. The zero-order valence-electron chi connectivity index (χ0n) is 18.3. The molecule has 0 bridgehead atoms. The number of pyridine rings is 1. The molecule has 0 amide bonds. The summed E-state index contributed by atoms with van der Waals surface area (Å²) in [6, 6.07) is 12.1. The first-order valence-corrected chi connectivity index (χ1v) is 9.68. The van der Waals surface area contributed by atoms with Gasteiger partial charge in [-0.2, -0.15) is 0 Å². The number of allylic oxidation sites excluding steroid dienone is 1. The van der Waals surface area contributed by atoms with Gasteiger partial charge in [-0.3, -0.25) is 4.79 Å². The van der Waals surface area contributed by atoms with Crippen LogP contribution in [0.5, 0.6) is 23.0 Å². The minimum absolute atomic E-state index is 0.193. The first-order valence-electron chi connectivity index (χ1n) is 9.68. The second-order valence-electron chi connectivity index (χ2n) is 6.63. The molecule has 8 heteroatoms. The van der Waals surface area contributed by atoms with Crippen LogP contribution in [0.15, 0.2) is 54.7 Å². The number of nitrogens with zero attached hydrogens (tertiary/aromatic N) is 1. The van der Waals surface area contributed by atoms with Gasteiger partial charge in [0.05, 0.1) is 34.1 Å². The van der Waals surface area contributed by atoms with Gasteiger partial charge in [0, 0.05) is 35.1 Å². The van der Waals surface area contributed by atoms with E-state index in [0.29, 0.717) is 45.8 Å². The predicted octanol–water partition coefficient (Wildman–Crippen LogP) is 4.34. The lowest BCUT2D eigenvalue weighted by Gasteiger charge is -2.15. The quantitative estimate of drug-likeness (QED) is 0.291. The molecule has 166 valence electrons. The summed E-state index contributed by atoms with van der Waals surface area (Å²) in [4.78, 5) is 17.0. The molecule has 32 heavy (non-hydrogen) atoms. The van der Waals surface area contributed by atoms with E-state index in [4.69, 9.17) is 24.7 Å². The highest BCUT2D eigenvalue weighted by molar-refractivity contribution is 6.07. The molecule has 3 aromatic rings. The van der Waals surface area contributed by atoms with Crippen molar-refractivity contribution in [3.05, 3.63) is 65.9 Å². The van der Waals surface area contributed by atoms with Crippen molar-refractivity contribution in [1.29, 1.82) is 0 Å². The molecule has 0 fully saturated rings. The largest absolute Gasteiger partial charge is 0.495 e. The van der Waals surface area contributed by atoms with Crippen LogP contribution in [0.1, 0.15) is 15.9 Å². The topological polar surface area (TPSA) is 105 Å². The molecule has 3 rings (SSSR count). The Morgan fingerprint density at radius 3 is 2.22 bits per heavy atom. The number of carbonyl (C=O) groups excluding carboxylic acids is 1. The van der Waals surface area contributed by atoms with E-state index in [1.165, 1.54) is 13.2 Å². The van der Waals surface area contributed by atoms with Gasteiger partial charge in [0.1, 0.15) is 11.6 Å². The van der Waals surface area contributed by atoms with Gasteiger partial charge in [-0.15, -0.1) is 0 Å². The summed E-state index contributed by atoms with van der Waals surface area (Å²) in [5, 5.41) is 3.24. The molecule has 0 atom stereocenters. The van der Waals surface area contributed by atoms with Crippen molar-refractivity contribution in [3.8, 4) is 23.0 Å². The van der Waals surface area contributed by atoms with Crippen LogP contribution in [-0.2, 0) is 0 Å². The average Bonchev–Trinajstić information content (AvgIpc) is 2.82. The summed E-state index contributed by atoms with van der Waals surface area (Å²) in [7, 11) is 6.17. The van der Waals surface area contributed by atoms with Gasteiger partial charge in [0.15, 0.2) is 17.3 Å². The monoisotopic (exact) mass is 435 g/mol. The number of nitrogen functional groups attached to an aromatic ring is 1. The fourth-order valence-corrected chi connectivity index (χ4v) is 3.10. The smallest absolute Gasteiger partial charge is 0.203 e. The third-order valence-electron chi connectivity index (χ3n) is 4.69. The summed E-state index contributed by atoms with van der Waals surface area (Å²) < 4.78 is 21.3. The van der Waals surface area contributed by atoms with Crippen molar-refractivity contribution in [1.82, 2.24) is 4.98 Å². The van der Waals surface area contributed by atoms with E-state index in [-0.39, 0.29) is 5.78 Å². The van der Waals surface area contributed by atoms with Crippen LogP contribution in [0, 0.1) is 0 Å². The number of rotatable bonds is 9. The number of hydrogen-bond acceptors (Lipinski definition) is 8. The molecule has 0 aliphatic carbocycles. The third-order valence-corrected chi connectivity index (χ3v) is 4.69. The minimum atomic E-state index is -0.193. The van der Waals surface area contributed by atoms with Crippen LogP contribution in [0.3, 0.4) is 0 Å². The Morgan fingerprint density at radius 2 is 1.62 bits per heavy atom. The summed E-state index contributed by atoms with van der Waals surface area (Å²) in [6.45, 7) is 0. The van der Waals surface area contributed by atoms with Crippen molar-refractivity contribution < 1.29 is 23.7 Å². The van der Waals surface area contributed by atoms with Crippen molar-refractivity contribution >= 4 is 29.1 Å². The second-order valence-corrected chi connectivity index (χ2v) is 6.63. The van der Waals surface area contributed by atoms with Gasteiger partial charge in [0.25, 0.3) is 0 Å². The molecule has 3 N–H and O–H groups in total. The van der Waals surface area contributed by atoms with E-state index in [2.05, 4.69) is 10.3 Å². The van der Waals surface area contributed by atoms with Gasteiger partial charge in [-0.1, -0.05) is 0 Å². The van der Waals surface area contributed by atoms with E-state index < -0.39 is 0 Å². The lowest BCUT2D eigenvalue weighted by atomic mass is 10.1. The van der Waals surface area contributed by atoms with Crippen molar-refractivity contribution in [2.45, 2.75) is 0 Å². The molecule has 0 aliphatic heterocycles. The fourth-order valence-electron chi connectivity index (χ4n) is 3.10. The zero-order valence-corrected chi connectivity index (χ0v) is 18.3. The summed E-state index contributed by atoms with van der Waals surface area (Å²) in [5.41, 5.74) is 8.17. The number of carbonyl (C=O) groups is 1. The normalized spacial score (nSPS) is 10.6. The fraction of sp³-hybridized carbons (Fsp3) is 0.167. The number of aromatic nitrogens is 1. The Labute approximate surface area is 186 Å². The number of anilines is 3. The SMILES string of the molecule is COc1ccc(C(=O)/C=C/c2cccnc2Nc2cc(OC)c(OC)c(OC)c2)cc1N. The molecule has 0 unspecified atom stereocenters. The number of ether oxygens (including phenoxy) is 4. The van der Waals surface area contributed by atoms with E-state index in [1.807, 2.05) is 6.07 Å². The molecule has 0 radical (unpaired) electrons. The number of hydrogen-bond donors (Lipinski definition) is 2. The van der Waals surface area contributed by atoms with Crippen LogP contribution in [-0.4, -0.2) is 39.2 Å². The van der Waals surface area contributed by atoms with Gasteiger partial charge < -0.3 is 30.0 Å². The summed E-state index contributed by atoms with van der Waals surface area (Å²) in [6.07, 6.45) is 4.82. The van der Waals surface area contributed by atoms with Crippen LogP contribution in [0.2, 0.25) is 0 Å². The molecular weight excluding hydrogens is 410 g/mol. The van der Waals surface area contributed by atoms with Crippen LogP contribution in [0.4, 0.5) is 17.2 Å². The van der Waals surface area contributed by atoms with E-state index in [9.17, 15) is 4.79 Å². The highest BCUT2D eigenvalue weighted by Crippen LogP contribution is 2.40. The maximum absolute atomic E-state index is 12.6. The number of nitrogens with two attached hydrogens (primary N) is 1. The summed E-state index contributed by atoms with van der Waals surface area (Å²) >= 11 is 0. The first-order chi connectivity index (χ1) is 15.5. The molecular formula is C24H25N3O5. The Bertz CT molecular complexity index is 1120. The van der Waals surface area contributed by atoms with Crippen LogP contribution < -0.4 is 30.0 Å². The second kappa shape index (κ2) is 10.2. The standard InChI is InChI=1S/C24H25N3O5/c1-29-20-10-8-16(12-18(20)25)19(28)9-7-15-6-5-11-26-24(15)27-17-13-21(30-2)23(32-4)22(14-17)31-3/h5-14H,25H2,1-4H3,(H,26,27)/b9-7+. The number of ketones is 1. The number of benzene rings is 2. The lowest BCUT2D eigenvalue weighted by molar-refractivity contribution is 0.104. The zero-order chi connectivity index (χ0) is 23.1. The van der Waals surface area contributed by atoms with Crippen molar-refractivity contribution in [2.24, 2.45) is 0 Å². The molecule has 0 saturated heterocycles. The molecule has 8 nitrogen and oxygen atoms in total. The highest BCUT2D eigenvalue weighted by Gasteiger charge is 2.14. The molecule has 0 spiro atoms. The van der Waals surface area contributed by atoms with Gasteiger partial charge in [0.2, 0.25) is 5.75 Å². The van der Waals surface area contributed by atoms with Crippen molar-refractivity contribution in [2.75, 3.05) is 39.5 Å². The summed E-state index contributed by atoms with van der Waals surface area (Å²) in [5.74, 6) is 2.40. The minimum Gasteiger partial charge on any atom is -0.495 e. The highest BCUT2D eigenvalue weighted by atomic mass is 16.5. The van der Waals surface area contributed by atoms with Crippen LogP contribution in [0.25, 0.3) is 6.08 Å². The van der Waals surface area contributed by atoms with Crippen molar-refractivity contribution in [3.63, 3.8) is 0 Å². The Hall–Kier alpha value is -4.20. The third kappa shape index (κ3) is 4.92. The van der Waals surface area contributed by atoms with E-state index in [1.54, 1.807) is 70.0 Å². The molecule has 0 aliphatic rings. The Balaban J connectivity index is 1.87. The number of methoxy groups -OCH3 is 4. The predicted molar refractivity (Wildman–Crippen MR) is 124 cm³/mol. The lowest BCUT2D eigenvalue weighted by Crippen LogP contribution is -2.00. The first kappa shape index (κ1) is 22.5. The molecule has 2 aromatic carbocycles.